The van der Waals surface area contributed by atoms with Gasteiger partial charge in [-0.15, -0.1) is 0 Å². The summed E-state index contributed by atoms with van der Waals surface area (Å²) in [5, 5.41) is 10.6. The molecule has 1 heterocycles. The number of pyridine rings is 1. The minimum Gasteiger partial charge on any atom is -0.390 e. The molecule has 7 atom stereocenters. The van der Waals surface area contributed by atoms with E-state index in [1.54, 1.807) is 0 Å². The van der Waals surface area contributed by atoms with Crippen molar-refractivity contribution in [2.45, 2.75) is 83.8 Å². The van der Waals surface area contributed by atoms with Gasteiger partial charge in [0.05, 0.1) is 17.8 Å². The summed E-state index contributed by atoms with van der Waals surface area (Å²) >= 11 is 0. The molecule has 0 unspecified atom stereocenters. The van der Waals surface area contributed by atoms with Crippen LogP contribution in [0.25, 0.3) is 0 Å². The van der Waals surface area contributed by atoms with Crippen LogP contribution in [0.15, 0.2) is 29.4 Å². The number of aliphatic hydroxyl groups is 1. The van der Waals surface area contributed by atoms with E-state index in [1.165, 1.54) is 50.7 Å². The number of fused-ring (bicyclic) bond motifs is 5. The summed E-state index contributed by atoms with van der Waals surface area (Å²) in [6.07, 6.45) is 13.1. The van der Waals surface area contributed by atoms with Crippen molar-refractivity contribution >= 4 is 5.71 Å². The van der Waals surface area contributed by atoms with Crippen molar-refractivity contribution in [3.63, 3.8) is 0 Å². The zero-order chi connectivity index (χ0) is 19.4. The fourth-order valence-corrected chi connectivity index (χ4v) is 7.80. The normalized spacial score (nSPS) is 46.7. The van der Waals surface area contributed by atoms with Gasteiger partial charge in [-0.2, -0.15) is 0 Å². The molecule has 4 aliphatic rings. The minimum atomic E-state index is -0.407. The van der Waals surface area contributed by atoms with Crippen LogP contribution in [-0.2, 0) is 6.54 Å². The van der Waals surface area contributed by atoms with E-state index >= 15 is 0 Å². The number of nitrogens with zero attached hydrogens (tertiary/aromatic N) is 2. The maximum atomic E-state index is 10.6. The first-order valence-electron chi connectivity index (χ1n) is 11.6. The van der Waals surface area contributed by atoms with Crippen LogP contribution >= 0.6 is 0 Å². The Kier molecular flexibility index (Phi) is 4.65. The Balaban J connectivity index is 1.33. The Bertz CT molecular complexity index is 742. The van der Waals surface area contributed by atoms with Crippen LogP contribution in [-0.4, -0.2) is 21.4 Å². The van der Waals surface area contributed by atoms with Gasteiger partial charge < -0.3 is 5.11 Å². The molecule has 1 aromatic heterocycles. The summed E-state index contributed by atoms with van der Waals surface area (Å²) in [6, 6.07) is 6.13. The van der Waals surface area contributed by atoms with E-state index in [2.05, 4.69) is 31.0 Å². The molecule has 4 fully saturated rings. The van der Waals surface area contributed by atoms with E-state index < -0.39 is 5.60 Å². The Morgan fingerprint density at radius 1 is 1.04 bits per heavy atom. The first-order chi connectivity index (χ1) is 13.5. The van der Waals surface area contributed by atoms with Gasteiger partial charge in [-0.1, -0.05) is 13.0 Å². The van der Waals surface area contributed by atoms with Crippen LogP contribution in [0.2, 0.25) is 0 Å². The quantitative estimate of drug-likeness (QED) is 0.744. The number of hydrogen-bond acceptors (Lipinski definition) is 3. The summed E-state index contributed by atoms with van der Waals surface area (Å²) in [6.45, 7) is 5.33. The van der Waals surface area contributed by atoms with Crippen LogP contribution in [0.3, 0.4) is 0 Å². The van der Waals surface area contributed by atoms with E-state index in [0.29, 0.717) is 5.41 Å². The first kappa shape index (κ1) is 18.8. The van der Waals surface area contributed by atoms with Gasteiger partial charge in [-0.25, -0.2) is 0 Å². The van der Waals surface area contributed by atoms with Gasteiger partial charge in [-0.3, -0.25) is 9.98 Å². The Labute approximate surface area is 170 Å². The average Bonchev–Trinajstić information content (AvgIpc) is 3.02. The third kappa shape index (κ3) is 3.14. The molecule has 1 N–H and O–H groups in total. The third-order valence-corrected chi connectivity index (χ3v) is 9.14. The van der Waals surface area contributed by atoms with Crippen molar-refractivity contribution in [3.05, 3.63) is 30.1 Å². The molecular weight excluding hydrogens is 344 g/mol. The lowest BCUT2D eigenvalue weighted by Crippen LogP contribution is -2.50. The fraction of sp³-hybridized carbons (Fsp3) is 0.760. The molecule has 0 bridgehead atoms. The molecule has 0 amide bonds. The fourth-order valence-electron chi connectivity index (χ4n) is 7.80. The van der Waals surface area contributed by atoms with Gasteiger partial charge in [0.2, 0.25) is 0 Å². The topological polar surface area (TPSA) is 45.5 Å². The number of rotatable bonds is 2. The van der Waals surface area contributed by atoms with Crippen LogP contribution in [0, 0.1) is 35.0 Å². The SMILES string of the molecule is C[C@@]1(O)CC[C@H]2[C@H](CC[C@@H]3[C@@H]2CC[C@]2(C)/C(=N/Cc4ccccn4)CC[C@@H]32)C1. The highest BCUT2D eigenvalue weighted by Gasteiger charge is 2.56. The van der Waals surface area contributed by atoms with Gasteiger partial charge in [0.15, 0.2) is 0 Å². The summed E-state index contributed by atoms with van der Waals surface area (Å²) in [5.41, 5.74) is 2.49. The van der Waals surface area contributed by atoms with Crippen LogP contribution in [0.5, 0.6) is 0 Å². The average molecular weight is 381 g/mol. The predicted octanol–water partition coefficient (Wildman–Crippen LogP) is 5.43. The minimum absolute atomic E-state index is 0.322. The Hall–Kier alpha value is -1.22. The van der Waals surface area contributed by atoms with Crippen molar-refractivity contribution in [1.29, 1.82) is 0 Å². The van der Waals surface area contributed by atoms with E-state index in [-0.39, 0.29) is 0 Å². The Morgan fingerprint density at radius 2 is 1.89 bits per heavy atom. The number of aliphatic imine (C=N–C) groups is 1. The van der Waals surface area contributed by atoms with Crippen molar-refractivity contribution in [2.75, 3.05) is 0 Å². The molecule has 4 saturated carbocycles. The third-order valence-electron chi connectivity index (χ3n) is 9.14. The molecule has 3 nitrogen and oxygen atoms in total. The predicted molar refractivity (Wildman–Crippen MR) is 113 cm³/mol. The summed E-state index contributed by atoms with van der Waals surface area (Å²) in [7, 11) is 0. The highest BCUT2D eigenvalue weighted by molar-refractivity contribution is 5.92. The molecule has 4 aliphatic carbocycles. The standard InChI is InChI=1S/C25H36N2O/c1-24(28)12-10-19-17(15-24)6-7-21-20(19)11-13-25(2)22(21)8-9-23(25)27-16-18-5-3-4-14-26-18/h3-5,14,17,19-22,28H,6-13,15-16H2,1-2H3/b27-23+/t17-,19+,20-,21-,22+,24-,25+/m1/s1. The molecule has 0 spiro atoms. The number of hydrogen-bond donors (Lipinski definition) is 1. The summed E-state index contributed by atoms with van der Waals surface area (Å²) in [4.78, 5) is 9.57. The molecule has 0 radical (unpaired) electrons. The van der Waals surface area contributed by atoms with Gasteiger partial charge in [0.1, 0.15) is 0 Å². The van der Waals surface area contributed by atoms with E-state index in [4.69, 9.17) is 4.99 Å². The number of aromatic nitrogens is 1. The molecule has 0 aliphatic heterocycles. The van der Waals surface area contributed by atoms with Crippen LogP contribution in [0.4, 0.5) is 0 Å². The van der Waals surface area contributed by atoms with Gasteiger partial charge in [0, 0.05) is 17.3 Å². The first-order valence-corrected chi connectivity index (χ1v) is 11.6. The highest BCUT2D eigenvalue weighted by atomic mass is 16.3. The highest BCUT2D eigenvalue weighted by Crippen LogP contribution is 2.62. The van der Waals surface area contributed by atoms with Crippen molar-refractivity contribution < 1.29 is 5.11 Å². The van der Waals surface area contributed by atoms with Gasteiger partial charge in [-0.05, 0) is 106 Å². The largest absolute Gasteiger partial charge is 0.390 e. The molecule has 28 heavy (non-hydrogen) atoms. The second kappa shape index (κ2) is 6.93. The van der Waals surface area contributed by atoms with Crippen molar-refractivity contribution in [1.82, 2.24) is 4.98 Å². The molecule has 1 aromatic rings. The van der Waals surface area contributed by atoms with Crippen molar-refractivity contribution in [3.8, 4) is 0 Å². The van der Waals surface area contributed by atoms with Crippen molar-refractivity contribution in [2.24, 2.45) is 40.0 Å². The van der Waals surface area contributed by atoms with E-state index in [0.717, 1.165) is 54.7 Å². The molecule has 5 rings (SSSR count). The zero-order valence-electron chi connectivity index (χ0n) is 17.6. The van der Waals surface area contributed by atoms with E-state index in [9.17, 15) is 5.11 Å². The zero-order valence-corrected chi connectivity index (χ0v) is 17.6. The molecule has 0 saturated heterocycles. The van der Waals surface area contributed by atoms with Gasteiger partial charge >= 0.3 is 0 Å². The second-order valence-corrected chi connectivity index (χ2v) is 10.8. The molecule has 0 aromatic carbocycles. The summed E-state index contributed by atoms with van der Waals surface area (Å²) in [5.74, 6) is 4.27. The lowest BCUT2D eigenvalue weighted by Gasteiger charge is -2.56. The van der Waals surface area contributed by atoms with E-state index in [1.807, 2.05) is 12.3 Å². The van der Waals surface area contributed by atoms with Gasteiger partial charge in [0.25, 0.3) is 0 Å². The lowest BCUT2D eigenvalue weighted by atomic mass is 9.50. The molecular formula is C25H36N2O. The smallest absolute Gasteiger partial charge is 0.0811 e. The van der Waals surface area contributed by atoms with Crippen LogP contribution < -0.4 is 0 Å². The maximum absolute atomic E-state index is 10.6. The second-order valence-electron chi connectivity index (χ2n) is 10.8. The maximum Gasteiger partial charge on any atom is 0.0811 e. The summed E-state index contributed by atoms with van der Waals surface area (Å²) < 4.78 is 0. The molecule has 152 valence electrons. The monoisotopic (exact) mass is 380 g/mol. The lowest BCUT2D eigenvalue weighted by molar-refractivity contribution is -0.0875. The Morgan fingerprint density at radius 3 is 2.71 bits per heavy atom. The molecule has 3 heteroatoms. The van der Waals surface area contributed by atoms with Crippen LogP contribution in [0.1, 0.15) is 77.3 Å².